The molecule has 1 N–H and O–H groups in total. The highest BCUT2D eigenvalue weighted by Crippen LogP contribution is 2.31. The molecule has 0 aromatic carbocycles. The van der Waals surface area contributed by atoms with E-state index in [9.17, 15) is 4.79 Å². The van der Waals surface area contributed by atoms with Crippen molar-refractivity contribution in [2.45, 2.75) is 37.6 Å². The number of rotatable bonds is 4. The van der Waals surface area contributed by atoms with E-state index < -0.39 is 0 Å². The summed E-state index contributed by atoms with van der Waals surface area (Å²) in [5.41, 5.74) is 0.214. The standard InChI is InChI=1S/C20H33N5O2.HI/c1-21-19(22-16-20(23(2)3)9-5-4-6-10-20)25-13-11-24(12-14-25)18(26)17-8-7-15-27-17;/h7-8,15H,4-6,9-14,16H2,1-3H3,(H,21,22);1H. The number of furan rings is 1. The maximum absolute atomic E-state index is 12.4. The number of nitrogens with zero attached hydrogens (tertiary/aromatic N) is 4. The summed E-state index contributed by atoms with van der Waals surface area (Å²) in [4.78, 5) is 23.4. The van der Waals surface area contributed by atoms with Crippen LogP contribution in [0.5, 0.6) is 0 Å². The monoisotopic (exact) mass is 503 g/mol. The maximum atomic E-state index is 12.4. The van der Waals surface area contributed by atoms with Crippen molar-refractivity contribution >= 4 is 35.8 Å². The van der Waals surface area contributed by atoms with Crippen LogP contribution < -0.4 is 5.32 Å². The number of amides is 1. The Kier molecular flexibility index (Phi) is 8.60. The normalized spacial score (nSPS) is 20.1. The number of piperazine rings is 1. The van der Waals surface area contributed by atoms with Crippen LogP contribution in [0.4, 0.5) is 0 Å². The predicted octanol–water partition coefficient (Wildman–Crippen LogP) is 2.50. The van der Waals surface area contributed by atoms with Gasteiger partial charge in [0.15, 0.2) is 11.7 Å². The van der Waals surface area contributed by atoms with Gasteiger partial charge < -0.3 is 24.4 Å². The number of likely N-dealkylation sites (N-methyl/N-ethyl adjacent to an activating group) is 1. The minimum Gasteiger partial charge on any atom is -0.459 e. The highest BCUT2D eigenvalue weighted by molar-refractivity contribution is 14.0. The molecule has 1 aliphatic heterocycles. The average Bonchev–Trinajstić information content (AvgIpc) is 3.24. The van der Waals surface area contributed by atoms with Crippen LogP contribution in [0.25, 0.3) is 0 Å². The van der Waals surface area contributed by atoms with Crippen LogP contribution in [0, 0.1) is 0 Å². The van der Waals surface area contributed by atoms with E-state index in [1.807, 2.05) is 11.9 Å². The van der Waals surface area contributed by atoms with E-state index in [0.717, 1.165) is 25.6 Å². The van der Waals surface area contributed by atoms with Crippen LogP contribution in [0.1, 0.15) is 42.7 Å². The molecule has 7 nitrogen and oxygen atoms in total. The van der Waals surface area contributed by atoms with Gasteiger partial charge in [-0.3, -0.25) is 9.79 Å². The fourth-order valence-electron chi connectivity index (χ4n) is 4.25. The Morgan fingerprint density at radius 3 is 2.36 bits per heavy atom. The fourth-order valence-corrected chi connectivity index (χ4v) is 4.25. The van der Waals surface area contributed by atoms with Crippen LogP contribution in [0.15, 0.2) is 27.8 Å². The molecule has 1 aliphatic carbocycles. The van der Waals surface area contributed by atoms with E-state index in [1.54, 1.807) is 18.4 Å². The molecule has 28 heavy (non-hydrogen) atoms. The van der Waals surface area contributed by atoms with Gasteiger partial charge in [-0.05, 0) is 39.1 Å². The molecule has 1 saturated heterocycles. The van der Waals surface area contributed by atoms with Gasteiger partial charge in [0.2, 0.25) is 0 Å². The summed E-state index contributed by atoms with van der Waals surface area (Å²) >= 11 is 0. The summed E-state index contributed by atoms with van der Waals surface area (Å²) in [6, 6.07) is 3.47. The third-order valence-electron chi connectivity index (χ3n) is 6.12. The van der Waals surface area contributed by atoms with E-state index in [1.165, 1.54) is 32.1 Å². The first kappa shape index (κ1) is 23.0. The molecule has 1 amide bonds. The van der Waals surface area contributed by atoms with Gasteiger partial charge in [-0.2, -0.15) is 0 Å². The van der Waals surface area contributed by atoms with E-state index in [2.05, 4.69) is 34.2 Å². The number of guanidine groups is 1. The summed E-state index contributed by atoms with van der Waals surface area (Å²) in [6.07, 6.45) is 7.94. The van der Waals surface area contributed by atoms with Crippen molar-refractivity contribution in [3.8, 4) is 0 Å². The summed E-state index contributed by atoms with van der Waals surface area (Å²) in [5, 5.41) is 3.61. The third kappa shape index (κ3) is 5.20. The van der Waals surface area contributed by atoms with E-state index in [4.69, 9.17) is 4.42 Å². The van der Waals surface area contributed by atoms with Gasteiger partial charge in [0.1, 0.15) is 0 Å². The zero-order chi connectivity index (χ0) is 19.3. The van der Waals surface area contributed by atoms with Crippen molar-refractivity contribution in [1.29, 1.82) is 0 Å². The second kappa shape index (κ2) is 10.5. The summed E-state index contributed by atoms with van der Waals surface area (Å²) in [7, 11) is 6.22. The highest BCUT2D eigenvalue weighted by atomic mass is 127. The van der Waals surface area contributed by atoms with Crippen molar-refractivity contribution in [1.82, 2.24) is 20.0 Å². The number of halogens is 1. The fraction of sp³-hybridized carbons (Fsp3) is 0.700. The number of hydrogen-bond donors (Lipinski definition) is 1. The second-order valence-electron chi connectivity index (χ2n) is 7.84. The van der Waals surface area contributed by atoms with Crippen molar-refractivity contribution in [2.75, 3.05) is 53.9 Å². The maximum Gasteiger partial charge on any atom is 0.289 e. The first-order valence-corrected chi connectivity index (χ1v) is 10.0. The second-order valence-corrected chi connectivity index (χ2v) is 7.84. The molecular formula is C20H34IN5O2. The first-order valence-electron chi connectivity index (χ1n) is 10.0. The van der Waals surface area contributed by atoms with Crippen molar-refractivity contribution in [2.24, 2.45) is 4.99 Å². The molecule has 8 heteroatoms. The van der Waals surface area contributed by atoms with Gasteiger partial charge in [-0.25, -0.2) is 0 Å². The van der Waals surface area contributed by atoms with E-state index >= 15 is 0 Å². The van der Waals surface area contributed by atoms with Crippen LogP contribution >= 0.6 is 24.0 Å². The van der Waals surface area contributed by atoms with Crippen LogP contribution in [0.2, 0.25) is 0 Å². The molecule has 0 bridgehead atoms. The molecule has 1 aromatic heterocycles. The van der Waals surface area contributed by atoms with Gasteiger partial charge in [-0.15, -0.1) is 24.0 Å². The summed E-state index contributed by atoms with van der Waals surface area (Å²) in [6.45, 7) is 3.83. The number of nitrogens with one attached hydrogen (secondary N) is 1. The molecule has 0 radical (unpaired) electrons. The minimum absolute atomic E-state index is 0. The van der Waals surface area contributed by atoms with Crippen LogP contribution in [0.3, 0.4) is 0 Å². The lowest BCUT2D eigenvalue weighted by molar-refractivity contribution is 0.0655. The summed E-state index contributed by atoms with van der Waals surface area (Å²) in [5.74, 6) is 1.32. The van der Waals surface area contributed by atoms with Gasteiger partial charge >= 0.3 is 0 Å². The smallest absolute Gasteiger partial charge is 0.289 e. The van der Waals surface area contributed by atoms with Gasteiger partial charge in [0, 0.05) is 45.3 Å². The van der Waals surface area contributed by atoms with E-state index in [-0.39, 0.29) is 35.4 Å². The molecule has 1 aromatic rings. The van der Waals surface area contributed by atoms with Crippen molar-refractivity contribution < 1.29 is 9.21 Å². The van der Waals surface area contributed by atoms with Crippen LogP contribution in [-0.4, -0.2) is 86.0 Å². The highest BCUT2D eigenvalue weighted by Gasteiger charge is 2.35. The molecule has 2 fully saturated rings. The molecule has 1 saturated carbocycles. The van der Waals surface area contributed by atoms with Crippen molar-refractivity contribution in [3.05, 3.63) is 24.2 Å². The largest absolute Gasteiger partial charge is 0.459 e. The zero-order valence-corrected chi connectivity index (χ0v) is 19.6. The number of hydrogen-bond acceptors (Lipinski definition) is 4. The number of carbonyl (C=O) groups is 1. The Hall–Kier alpha value is -1.29. The number of carbonyl (C=O) groups excluding carboxylic acids is 1. The molecule has 2 aliphatic rings. The Balaban J connectivity index is 0.00000280. The minimum atomic E-state index is -0.0311. The topological polar surface area (TPSA) is 64.3 Å². The first-order chi connectivity index (χ1) is 13.1. The Labute approximate surface area is 185 Å². The molecular weight excluding hydrogens is 469 g/mol. The molecule has 0 atom stereocenters. The zero-order valence-electron chi connectivity index (χ0n) is 17.3. The van der Waals surface area contributed by atoms with Gasteiger partial charge in [0.25, 0.3) is 5.91 Å². The Morgan fingerprint density at radius 2 is 1.82 bits per heavy atom. The molecule has 0 unspecified atom stereocenters. The lowest BCUT2D eigenvalue weighted by atomic mass is 9.80. The Morgan fingerprint density at radius 1 is 1.18 bits per heavy atom. The predicted molar refractivity (Wildman–Crippen MR) is 122 cm³/mol. The van der Waals surface area contributed by atoms with Gasteiger partial charge in [0.05, 0.1) is 6.26 Å². The Bertz CT molecular complexity index is 633. The quantitative estimate of drug-likeness (QED) is 0.389. The van der Waals surface area contributed by atoms with Crippen LogP contribution in [-0.2, 0) is 0 Å². The lowest BCUT2D eigenvalue weighted by Gasteiger charge is -2.44. The summed E-state index contributed by atoms with van der Waals surface area (Å²) < 4.78 is 5.24. The average molecular weight is 503 g/mol. The van der Waals surface area contributed by atoms with Crippen molar-refractivity contribution in [3.63, 3.8) is 0 Å². The lowest BCUT2D eigenvalue weighted by Crippen LogP contribution is -2.58. The molecule has 3 rings (SSSR count). The number of aliphatic imine (C=N–C) groups is 1. The molecule has 0 spiro atoms. The SMILES string of the molecule is CN=C(NCC1(N(C)C)CCCCC1)N1CCN(C(=O)c2ccco2)CC1.I. The third-order valence-corrected chi connectivity index (χ3v) is 6.12. The van der Waals surface area contributed by atoms with Gasteiger partial charge in [-0.1, -0.05) is 19.3 Å². The molecule has 2 heterocycles. The van der Waals surface area contributed by atoms with E-state index in [0.29, 0.717) is 18.8 Å². The molecule has 158 valence electrons.